The maximum atomic E-state index is 10.5. The number of hydrogen-bond donors (Lipinski definition) is 1. The number of nitrogens with zero attached hydrogens (tertiary/aromatic N) is 2. The quantitative estimate of drug-likeness (QED) is 0.919. The summed E-state index contributed by atoms with van der Waals surface area (Å²) in [5.74, 6) is 2.01. The molecule has 0 amide bonds. The van der Waals surface area contributed by atoms with Crippen molar-refractivity contribution in [3.05, 3.63) is 16.4 Å². The second-order valence-electron chi connectivity index (χ2n) is 6.66. The van der Waals surface area contributed by atoms with Crippen molar-refractivity contribution in [3.63, 3.8) is 0 Å². The van der Waals surface area contributed by atoms with Crippen molar-refractivity contribution >= 4 is 11.6 Å². The van der Waals surface area contributed by atoms with Crippen LogP contribution in [0.3, 0.4) is 0 Å². The molecule has 0 saturated heterocycles. The zero-order chi connectivity index (χ0) is 14.9. The Morgan fingerprint density at radius 3 is 2.25 bits per heavy atom. The summed E-state index contributed by atoms with van der Waals surface area (Å²) < 4.78 is 1.81. The Morgan fingerprint density at radius 2 is 1.80 bits per heavy atom. The molecule has 1 N–H and O–H groups in total. The molecule has 0 aromatic carbocycles. The first kappa shape index (κ1) is 15.8. The monoisotopic (exact) mass is 298 g/mol. The van der Waals surface area contributed by atoms with Crippen LogP contribution < -0.4 is 0 Å². The largest absolute Gasteiger partial charge is 0.392 e. The van der Waals surface area contributed by atoms with Crippen LogP contribution in [0.1, 0.15) is 50.9 Å². The van der Waals surface area contributed by atoms with Crippen LogP contribution in [0, 0.1) is 24.7 Å². The summed E-state index contributed by atoms with van der Waals surface area (Å²) in [5, 5.41) is 15.5. The van der Waals surface area contributed by atoms with Crippen LogP contribution in [-0.2, 0) is 13.5 Å². The standard InChI is InChI=1S/C16H27ClN2O/c1-10(2)12-5-7-13(8-6-12)15(20)9-14-16(17)11(3)18-19(14)4/h10,12-13,15,20H,5-9H2,1-4H3. The molecule has 0 bridgehead atoms. The average molecular weight is 299 g/mol. The molecule has 114 valence electrons. The first-order chi connectivity index (χ1) is 9.40. The molecule has 1 aromatic heterocycles. The normalized spacial score (nSPS) is 25.1. The van der Waals surface area contributed by atoms with Gasteiger partial charge >= 0.3 is 0 Å². The molecule has 1 heterocycles. The van der Waals surface area contributed by atoms with Crippen LogP contribution in [-0.4, -0.2) is 21.0 Å². The number of halogens is 1. The van der Waals surface area contributed by atoms with Gasteiger partial charge in [-0.05, 0) is 50.4 Å². The third kappa shape index (κ3) is 3.37. The molecule has 4 heteroatoms. The van der Waals surface area contributed by atoms with Gasteiger partial charge in [-0.15, -0.1) is 0 Å². The lowest BCUT2D eigenvalue weighted by Crippen LogP contribution is -2.29. The van der Waals surface area contributed by atoms with Crippen LogP contribution in [0.5, 0.6) is 0 Å². The van der Waals surface area contributed by atoms with Crippen molar-refractivity contribution in [2.75, 3.05) is 0 Å². The smallest absolute Gasteiger partial charge is 0.0847 e. The minimum Gasteiger partial charge on any atom is -0.392 e. The third-order valence-electron chi connectivity index (χ3n) is 4.97. The summed E-state index contributed by atoms with van der Waals surface area (Å²) in [6.07, 6.45) is 5.09. The van der Waals surface area contributed by atoms with Gasteiger partial charge in [0.25, 0.3) is 0 Å². The number of aliphatic hydroxyl groups is 1. The van der Waals surface area contributed by atoms with E-state index in [0.29, 0.717) is 17.4 Å². The Labute approximate surface area is 127 Å². The van der Waals surface area contributed by atoms with Gasteiger partial charge in [0.15, 0.2) is 0 Å². The van der Waals surface area contributed by atoms with E-state index in [2.05, 4.69) is 18.9 Å². The van der Waals surface area contributed by atoms with Gasteiger partial charge in [-0.25, -0.2) is 0 Å². The van der Waals surface area contributed by atoms with E-state index < -0.39 is 0 Å². The predicted octanol–water partition coefficient (Wildman–Crippen LogP) is 3.75. The van der Waals surface area contributed by atoms with Crippen LogP contribution in [0.15, 0.2) is 0 Å². The second-order valence-corrected chi connectivity index (χ2v) is 7.04. The molecule has 1 unspecified atom stereocenters. The van der Waals surface area contributed by atoms with E-state index in [-0.39, 0.29) is 6.10 Å². The van der Waals surface area contributed by atoms with Crippen LogP contribution in [0.25, 0.3) is 0 Å². The lowest BCUT2D eigenvalue weighted by atomic mass is 9.74. The third-order valence-corrected chi connectivity index (χ3v) is 5.46. The molecule has 1 aliphatic carbocycles. The van der Waals surface area contributed by atoms with Crippen molar-refractivity contribution in [2.24, 2.45) is 24.8 Å². The van der Waals surface area contributed by atoms with E-state index in [0.717, 1.165) is 36.1 Å². The molecular formula is C16H27ClN2O. The lowest BCUT2D eigenvalue weighted by molar-refractivity contribution is 0.0661. The van der Waals surface area contributed by atoms with E-state index in [1.165, 1.54) is 12.8 Å². The molecule has 1 fully saturated rings. The SMILES string of the molecule is Cc1nn(C)c(CC(O)C2CCC(C(C)C)CC2)c1Cl. The Balaban J connectivity index is 1.94. The highest BCUT2D eigenvalue weighted by molar-refractivity contribution is 6.31. The van der Waals surface area contributed by atoms with Gasteiger partial charge < -0.3 is 5.11 Å². The Hall–Kier alpha value is -0.540. The van der Waals surface area contributed by atoms with Crippen molar-refractivity contribution in [3.8, 4) is 0 Å². The highest BCUT2D eigenvalue weighted by atomic mass is 35.5. The summed E-state index contributed by atoms with van der Waals surface area (Å²) >= 11 is 6.27. The number of aliphatic hydroxyl groups excluding tert-OH is 1. The summed E-state index contributed by atoms with van der Waals surface area (Å²) in [4.78, 5) is 0. The number of aromatic nitrogens is 2. The van der Waals surface area contributed by atoms with E-state index in [9.17, 15) is 5.11 Å². The highest BCUT2D eigenvalue weighted by Gasteiger charge is 2.29. The Morgan fingerprint density at radius 1 is 1.25 bits per heavy atom. The first-order valence-electron chi connectivity index (χ1n) is 7.76. The van der Waals surface area contributed by atoms with E-state index in [1.807, 2.05) is 14.0 Å². The van der Waals surface area contributed by atoms with Crippen LogP contribution in [0.2, 0.25) is 5.02 Å². The van der Waals surface area contributed by atoms with Crippen LogP contribution >= 0.6 is 11.6 Å². The number of aryl methyl sites for hydroxylation is 2. The summed E-state index contributed by atoms with van der Waals surface area (Å²) in [6.45, 7) is 6.52. The van der Waals surface area contributed by atoms with Gasteiger partial charge in [-0.1, -0.05) is 25.4 Å². The minimum atomic E-state index is -0.296. The van der Waals surface area contributed by atoms with Crippen molar-refractivity contribution in [1.82, 2.24) is 9.78 Å². The molecule has 1 saturated carbocycles. The number of hydrogen-bond acceptors (Lipinski definition) is 2. The molecule has 3 nitrogen and oxygen atoms in total. The first-order valence-corrected chi connectivity index (χ1v) is 8.14. The van der Waals surface area contributed by atoms with Gasteiger partial charge in [0.1, 0.15) is 0 Å². The Bertz CT molecular complexity index is 448. The van der Waals surface area contributed by atoms with Gasteiger partial charge in [-0.2, -0.15) is 5.10 Å². The maximum Gasteiger partial charge on any atom is 0.0847 e. The van der Waals surface area contributed by atoms with Gasteiger partial charge in [0, 0.05) is 13.5 Å². The molecule has 1 atom stereocenters. The van der Waals surface area contributed by atoms with E-state index in [1.54, 1.807) is 4.68 Å². The second kappa shape index (κ2) is 6.48. The number of rotatable bonds is 4. The molecule has 0 aliphatic heterocycles. The molecule has 20 heavy (non-hydrogen) atoms. The summed E-state index contributed by atoms with van der Waals surface area (Å²) in [7, 11) is 1.90. The highest BCUT2D eigenvalue weighted by Crippen LogP contribution is 2.36. The molecule has 0 spiro atoms. The lowest BCUT2D eigenvalue weighted by Gasteiger charge is -2.33. The van der Waals surface area contributed by atoms with Crippen molar-refractivity contribution in [2.45, 2.75) is 59.0 Å². The molecule has 0 radical (unpaired) electrons. The van der Waals surface area contributed by atoms with E-state index in [4.69, 9.17) is 11.6 Å². The van der Waals surface area contributed by atoms with E-state index >= 15 is 0 Å². The molecule has 2 rings (SSSR count). The zero-order valence-corrected chi connectivity index (χ0v) is 13.8. The molecule has 1 aromatic rings. The minimum absolute atomic E-state index is 0.296. The Kier molecular flexibility index (Phi) is 5.14. The van der Waals surface area contributed by atoms with Gasteiger partial charge in [-0.3, -0.25) is 4.68 Å². The van der Waals surface area contributed by atoms with Gasteiger partial charge in [0.2, 0.25) is 0 Å². The molecule has 1 aliphatic rings. The maximum absolute atomic E-state index is 10.5. The molecular weight excluding hydrogens is 272 g/mol. The van der Waals surface area contributed by atoms with Gasteiger partial charge in [0.05, 0.1) is 22.5 Å². The fourth-order valence-corrected chi connectivity index (χ4v) is 3.70. The average Bonchev–Trinajstić information content (AvgIpc) is 2.65. The summed E-state index contributed by atoms with van der Waals surface area (Å²) in [6, 6.07) is 0. The fourth-order valence-electron chi connectivity index (χ4n) is 3.46. The van der Waals surface area contributed by atoms with Crippen molar-refractivity contribution in [1.29, 1.82) is 0 Å². The predicted molar refractivity (Wildman–Crippen MR) is 83.0 cm³/mol. The summed E-state index contributed by atoms with van der Waals surface area (Å²) in [5.41, 5.74) is 1.81. The fraction of sp³-hybridized carbons (Fsp3) is 0.812. The van der Waals surface area contributed by atoms with Crippen LogP contribution in [0.4, 0.5) is 0 Å². The topological polar surface area (TPSA) is 38.0 Å². The van der Waals surface area contributed by atoms with Crippen molar-refractivity contribution < 1.29 is 5.11 Å². The zero-order valence-electron chi connectivity index (χ0n) is 13.1.